The number of hydrogen-bond donors (Lipinski definition) is 3. The maximum atomic E-state index is 11.8. The molecule has 2 atom stereocenters. The first-order chi connectivity index (χ1) is 15.0. The smallest absolute Gasteiger partial charge is 0.550 e. The van der Waals surface area contributed by atoms with Crippen LogP contribution in [0.3, 0.4) is 0 Å². The number of carbonyl (C=O) groups is 2. The molecule has 0 aromatic carbocycles. The van der Waals surface area contributed by atoms with Crippen LogP contribution in [0.25, 0.3) is 0 Å². The summed E-state index contributed by atoms with van der Waals surface area (Å²) in [5.74, 6) is -1.79. The van der Waals surface area contributed by atoms with Crippen LogP contribution in [0, 0.1) is 0 Å². The number of aliphatic hydroxyl groups is 3. The zero-order valence-corrected chi connectivity index (χ0v) is 21.6. The van der Waals surface area contributed by atoms with Gasteiger partial charge in [0.2, 0.25) is 0 Å². The van der Waals surface area contributed by atoms with Crippen LogP contribution < -0.4 is 34.7 Å². The zero-order chi connectivity index (χ0) is 22.9. The summed E-state index contributed by atoms with van der Waals surface area (Å²) in [6.07, 6.45) is 16.2. The van der Waals surface area contributed by atoms with E-state index in [4.69, 9.17) is 9.84 Å². The van der Waals surface area contributed by atoms with E-state index in [9.17, 15) is 24.9 Å². The molecule has 0 saturated heterocycles. The fourth-order valence-electron chi connectivity index (χ4n) is 3.67. The molecule has 0 fully saturated rings. The van der Waals surface area contributed by atoms with Gasteiger partial charge in [0.15, 0.2) is 6.10 Å². The third-order valence-electron chi connectivity index (χ3n) is 5.56. The molecule has 1 rings (SSSR count). The van der Waals surface area contributed by atoms with Crippen LogP contribution in [-0.4, -0.2) is 46.1 Å². The third kappa shape index (κ3) is 13.6. The number of cyclic esters (lactones) is 1. The SMILES string of the molecule is O=C([O-])CCCCCCC/C=C\CCCCCCCCC1=C(O)[C@@H]([C@@H](O)CO)OC1=O.[Na+]. The fraction of sp³-hybridized carbons (Fsp3) is 0.750. The summed E-state index contributed by atoms with van der Waals surface area (Å²) in [7, 11) is 0. The van der Waals surface area contributed by atoms with Gasteiger partial charge in [-0.15, -0.1) is 0 Å². The van der Waals surface area contributed by atoms with Crippen LogP contribution in [0.2, 0.25) is 0 Å². The summed E-state index contributed by atoms with van der Waals surface area (Å²) in [5.41, 5.74) is 0.222. The van der Waals surface area contributed by atoms with Crippen LogP contribution in [-0.2, 0) is 14.3 Å². The summed E-state index contributed by atoms with van der Waals surface area (Å²) in [4.78, 5) is 22.1. The largest absolute Gasteiger partial charge is 1.00 e. The summed E-state index contributed by atoms with van der Waals surface area (Å²) < 4.78 is 4.93. The predicted molar refractivity (Wildman–Crippen MR) is 116 cm³/mol. The van der Waals surface area contributed by atoms with Crippen LogP contribution >= 0.6 is 0 Å². The Morgan fingerprint density at radius 1 is 0.938 bits per heavy atom. The molecule has 0 aliphatic carbocycles. The molecule has 32 heavy (non-hydrogen) atoms. The van der Waals surface area contributed by atoms with Gasteiger partial charge >= 0.3 is 35.5 Å². The minimum atomic E-state index is -1.29. The van der Waals surface area contributed by atoms with Crippen molar-refractivity contribution < 1.29 is 64.3 Å². The van der Waals surface area contributed by atoms with Crippen molar-refractivity contribution >= 4 is 11.9 Å². The van der Waals surface area contributed by atoms with Crippen molar-refractivity contribution in [2.75, 3.05) is 6.61 Å². The predicted octanol–water partition coefficient (Wildman–Crippen LogP) is 0.239. The Kier molecular flexibility index (Phi) is 19.1. The molecule has 1 aliphatic rings. The van der Waals surface area contributed by atoms with Crippen LogP contribution in [0.4, 0.5) is 0 Å². The van der Waals surface area contributed by atoms with Crippen molar-refractivity contribution in [3.05, 3.63) is 23.5 Å². The van der Waals surface area contributed by atoms with Crippen molar-refractivity contribution in [2.24, 2.45) is 0 Å². The summed E-state index contributed by atoms with van der Waals surface area (Å²) in [5, 5.41) is 38.8. The number of ether oxygens (including phenoxy) is 1. The monoisotopic (exact) mass is 462 g/mol. The van der Waals surface area contributed by atoms with Gasteiger partial charge in [-0.2, -0.15) is 0 Å². The Bertz CT molecular complexity index is 589. The van der Waals surface area contributed by atoms with Crippen molar-refractivity contribution in [2.45, 2.75) is 109 Å². The van der Waals surface area contributed by atoms with E-state index in [1.807, 2.05) is 0 Å². The number of allylic oxidation sites excluding steroid dienone is 2. The Balaban J connectivity index is 0.00000961. The van der Waals surface area contributed by atoms with Gasteiger partial charge in [0.05, 0.1) is 12.2 Å². The Labute approximate surface area is 214 Å². The first kappa shape index (κ1) is 31.1. The second-order valence-electron chi connectivity index (χ2n) is 8.25. The molecule has 3 N–H and O–H groups in total. The molecule has 0 bridgehead atoms. The second kappa shape index (κ2) is 19.6. The average Bonchev–Trinajstić information content (AvgIpc) is 3.03. The average molecular weight is 463 g/mol. The van der Waals surface area contributed by atoms with E-state index in [0.717, 1.165) is 70.6 Å². The van der Waals surface area contributed by atoms with Gasteiger partial charge in [0.1, 0.15) is 11.9 Å². The minimum Gasteiger partial charge on any atom is -0.550 e. The molecule has 8 heteroatoms. The van der Waals surface area contributed by atoms with Gasteiger partial charge in [-0.05, 0) is 51.4 Å². The molecule has 1 aliphatic heterocycles. The molecular formula is C24H39NaO7. The molecule has 0 amide bonds. The quantitative estimate of drug-likeness (QED) is 0.109. The first-order valence-corrected chi connectivity index (χ1v) is 11.7. The topological polar surface area (TPSA) is 127 Å². The summed E-state index contributed by atoms with van der Waals surface area (Å²) in [6, 6.07) is 0. The molecule has 0 aromatic heterocycles. The number of unbranched alkanes of at least 4 members (excludes halogenated alkanes) is 11. The molecule has 0 radical (unpaired) electrons. The van der Waals surface area contributed by atoms with E-state index in [1.54, 1.807) is 0 Å². The van der Waals surface area contributed by atoms with Gasteiger partial charge in [0.25, 0.3) is 0 Å². The maximum absolute atomic E-state index is 11.8. The van der Waals surface area contributed by atoms with Gasteiger partial charge < -0.3 is 30.0 Å². The normalized spacial score (nSPS) is 16.9. The number of carboxylic acids is 1. The van der Waals surface area contributed by atoms with Crippen molar-refractivity contribution in [1.29, 1.82) is 0 Å². The van der Waals surface area contributed by atoms with E-state index in [-0.39, 0.29) is 47.3 Å². The second-order valence-corrected chi connectivity index (χ2v) is 8.25. The van der Waals surface area contributed by atoms with Gasteiger partial charge in [0, 0.05) is 5.97 Å². The van der Waals surface area contributed by atoms with Gasteiger partial charge in [-0.3, -0.25) is 0 Å². The first-order valence-electron chi connectivity index (χ1n) is 11.7. The number of aliphatic hydroxyl groups excluding tert-OH is 3. The number of hydrogen-bond acceptors (Lipinski definition) is 7. The van der Waals surface area contributed by atoms with E-state index in [2.05, 4.69) is 12.2 Å². The Hall–Kier alpha value is -0.860. The minimum absolute atomic E-state index is 0. The molecule has 0 spiro atoms. The van der Waals surface area contributed by atoms with E-state index < -0.39 is 30.8 Å². The Morgan fingerprint density at radius 3 is 1.97 bits per heavy atom. The zero-order valence-electron chi connectivity index (χ0n) is 19.6. The van der Waals surface area contributed by atoms with Gasteiger partial charge in [-0.25, -0.2) is 4.79 Å². The third-order valence-corrected chi connectivity index (χ3v) is 5.56. The molecule has 178 valence electrons. The number of aliphatic carboxylic acids is 1. The van der Waals surface area contributed by atoms with Crippen molar-refractivity contribution in [3.8, 4) is 0 Å². The number of esters is 1. The molecule has 0 unspecified atom stereocenters. The van der Waals surface area contributed by atoms with Crippen LogP contribution in [0.1, 0.15) is 96.3 Å². The van der Waals surface area contributed by atoms with Crippen molar-refractivity contribution in [3.63, 3.8) is 0 Å². The summed E-state index contributed by atoms with van der Waals surface area (Å²) >= 11 is 0. The Morgan fingerprint density at radius 2 is 1.44 bits per heavy atom. The van der Waals surface area contributed by atoms with Crippen LogP contribution in [0.5, 0.6) is 0 Å². The van der Waals surface area contributed by atoms with E-state index >= 15 is 0 Å². The fourth-order valence-corrected chi connectivity index (χ4v) is 3.67. The number of carbonyl (C=O) groups excluding carboxylic acids is 2. The summed E-state index contributed by atoms with van der Waals surface area (Å²) in [6.45, 7) is -0.571. The molecule has 0 aromatic rings. The standard InChI is InChI=1S/C24H40O7.Na/c25-18-20(26)23-22(29)19(24(30)31-23)16-14-12-10-8-6-4-2-1-3-5-7-9-11-13-15-17-21(27)28;/h1,3,20,23,25-26,29H,2,4-18H2,(H,27,28);/q;+1/p-1/b3-1-;/t20-,23+;/m0./s1. The molecule has 1 heterocycles. The van der Waals surface area contributed by atoms with E-state index in [0.29, 0.717) is 6.42 Å². The van der Waals surface area contributed by atoms with Gasteiger partial charge in [-0.1, -0.05) is 57.1 Å². The van der Waals surface area contributed by atoms with E-state index in [1.165, 1.54) is 12.8 Å². The molecule has 7 nitrogen and oxygen atoms in total. The maximum Gasteiger partial charge on any atom is 1.00 e. The van der Waals surface area contributed by atoms with Crippen molar-refractivity contribution in [1.82, 2.24) is 0 Å². The number of carboxylic acid groups (broad SMARTS) is 1. The molecule has 0 saturated carbocycles. The number of rotatable bonds is 19. The molecular weight excluding hydrogens is 423 g/mol. The van der Waals surface area contributed by atoms with Crippen LogP contribution in [0.15, 0.2) is 23.5 Å².